The van der Waals surface area contributed by atoms with Crippen LogP contribution in [-0.2, 0) is 12.8 Å². The van der Waals surface area contributed by atoms with Crippen LogP contribution in [0.4, 0.5) is 0 Å². The molecular weight excluding hydrogens is 200 g/mol. The molecule has 0 aliphatic heterocycles. The lowest BCUT2D eigenvalue weighted by Gasteiger charge is -2.02. The smallest absolute Gasteiger partial charge is 0.0844 e. The molecule has 4 heteroatoms. The molecule has 84 valence electrons. The topological polar surface area (TPSA) is 56.7 Å². The number of hydrogen-bond acceptors (Lipinski definition) is 3. The average molecular weight is 216 g/mol. The van der Waals surface area contributed by atoms with Crippen molar-refractivity contribution < 1.29 is 0 Å². The van der Waals surface area contributed by atoms with E-state index < -0.39 is 0 Å². The molecule has 16 heavy (non-hydrogen) atoms. The summed E-state index contributed by atoms with van der Waals surface area (Å²) in [5.41, 5.74) is 8.76. The number of rotatable bonds is 4. The molecule has 0 fully saturated rings. The SMILES string of the molecule is CCc1cccc(-n2cc(CCN)nn2)c1. The van der Waals surface area contributed by atoms with Crippen LogP contribution in [0.2, 0.25) is 0 Å². The molecule has 2 N–H and O–H groups in total. The quantitative estimate of drug-likeness (QED) is 0.838. The number of aromatic nitrogens is 3. The Morgan fingerprint density at radius 2 is 2.25 bits per heavy atom. The van der Waals surface area contributed by atoms with Crippen LogP contribution in [0.3, 0.4) is 0 Å². The molecule has 0 amide bonds. The van der Waals surface area contributed by atoms with Crippen molar-refractivity contribution in [2.75, 3.05) is 6.54 Å². The third-order valence-electron chi connectivity index (χ3n) is 2.52. The summed E-state index contributed by atoms with van der Waals surface area (Å²) < 4.78 is 1.80. The molecule has 4 nitrogen and oxygen atoms in total. The van der Waals surface area contributed by atoms with Gasteiger partial charge < -0.3 is 5.73 Å². The maximum Gasteiger partial charge on any atom is 0.0844 e. The minimum absolute atomic E-state index is 0.605. The molecule has 1 aromatic heterocycles. The molecule has 0 saturated heterocycles. The lowest BCUT2D eigenvalue weighted by molar-refractivity contribution is 0.793. The summed E-state index contributed by atoms with van der Waals surface area (Å²) in [7, 11) is 0. The maximum atomic E-state index is 5.48. The molecule has 1 aromatic carbocycles. The molecule has 1 heterocycles. The first-order valence-electron chi connectivity index (χ1n) is 5.54. The first kappa shape index (κ1) is 10.8. The predicted molar refractivity (Wildman–Crippen MR) is 63.5 cm³/mol. The van der Waals surface area contributed by atoms with E-state index in [0.717, 1.165) is 24.2 Å². The monoisotopic (exact) mass is 216 g/mol. The highest BCUT2D eigenvalue weighted by Gasteiger charge is 2.02. The zero-order valence-corrected chi connectivity index (χ0v) is 9.43. The van der Waals surface area contributed by atoms with Crippen LogP contribution in [0.5, 0.6) is 0 Å². The summed E-state index contributed by atoms with van der Waals surface area (Å²) >= 11 is 0. The Morgan fingerprint density at radius 3 is 3.00 bits per heavy atom. The third-order valence-corrected chi connectivity index (χ3v) is 2.52. The first-order chi connectivity index (χ1) is 7.83. The minimum atomic E-state index is 0.605. The van der Waals surface area contributed by atoms with Gasteiger partial charge in [0, 0.05) is 6.42 Å². The second-order valence-electron chi connectivity index (χ2n) is 3.72. The largest absolute Gasteiger partial charge is 0.330 e. The van der Waals surface area contributed by atoms with E-state index in [1.54, 1.807) is 4.68 Å². The van der Waals surface area contributed by atoms with E-state index in [1.165, 1.54) is 5.56 Å². The van der Waals surface area contributed by atoms with Gasteiger partial charge in [-0.3, -0.25) is 0 Å². The number of nitrogens with zero attached hydrogens (tertiary/aromatic N) is 3. The molecule has 0 spiro atoms. The van der Waals surface area contributed by atoms with Crippen LogP contribution in [0, 0.1) is 0 Å². The van der Waals surface area contributed by atoms with E-state index in [2.05, 4.69) is 29.4 Å². The first-order valence-corrected chi connectivity index (χ1v) is 5.54. The Morgan fingerprint density at radius 1 is 1.38 bits per heavy atom. The van der Waals surface area contributed by atoms with Crippen LogP contribution >= 0.6 is 0 Å². The zero-order chi connectivity index (χ0) is 11.4. The van der Waals surface area contributed by atoms with Gasteiger partial charge in [0.15, 0.2) is 0 Å². The van der Waals surface area contributed by atoms with Gasteiger partial charge in [0.2, 0.25) is 0 Å². The van der Waals surface area contributed by atoms with Crippen LogP contribution in [0.25, 0.3) is 5.69 Å². The molecule has 2 rings (SSSR count). The van der Waals surface area contributed by atoms with Gasteiger partial charge in [0.25, 0.3) is 0 Å². The third kappa shape index (κ3) is 2.28. The summed E-state index contributed by atoms with van der Waals surface area (Å²) in [6.45, 7) is 2.74. The van der Waals surface area contributed by atoms with Crippen molar-refractivity contribution in [1.29, 1.82) is 0 Å². The van der Waals surface area contributed by atoms with Gasteiger partial charge in [-0.1, -0.05) is 24.3 Å². The highest BCUT2D eigenvalue weighted by molar-refractivity contribution is 5.35. The Labute approximate surface area is 95.1 Å². The van der Waals surface area contributed by atoms with E-state index in [-0.39, 0.29) is 0 Å². The van der Waals surface area contributed by atoms with E-state index in [1.807, 2.05) is 18.3 Å². The van der Waals surface area contributed by atoms with Crippen molar-refractivity contribution in [2.45, 2.75) is 19.8 Å². The number of benzene rings is 1. The number of hydrogen-bond donors (Lipinski definition) is 1. The molecule has 0 radical (unpaired) electrons. The summed E-state index contributed by atoms with van der Waals surface area (Å²) in [6, 6.07) is 8.31. The Kier molecular flexibility index (Phi) is 3.31. The highest BCUT2D eigenvalue weighted by atomic mass is 15.4. The van der Waals surface area contributed by atoms with E-state index in [9.17, 15) is 0 Å². The van der Waals surface area contributed by atoms with Crippen molar-refractivity contribution in [1.82, 2.24) is 15.0 Å². The van der Waals surface area contributed by atoms with Crippen LogP contribution < -0.4 is 5.73 Å². The van der Waals surface area contributed by atoms with Crippen molar-refractivity contribution in [3.05, 3.63) is 41.7 Å². The molecular formula is C12H16N4. The van der Waals surface area contributed by atoms with E-state index in [0.29, 0.717) is 6.54 Å². The summed E-state index contributed by atoms with van der Waals surface area (Å²) in [4.78, 5) is 0. The second kappa shape index (κ2) is 4.90. The predicted octanol–water partition coefficient (Wildman–Crippen LogP) is 1.33. The molecule has 0 aliphatic rings. The standard InChI is InChI=1S/C12H16N4/c1-2-10-4-3-5-12(8-10)16-9-11(6-7-13)14-15-16/h3-5,8-9H,2,6-7,13H2,1H3. The Balaban J connectivity index is 2.27. The fourth-order valence-corrected chi connectivity index (χ4v) is 1.61. The Bertz CT molecular complexity index is 462. The second-order valence-corrected chi connectivity index (χ2v) is 3.72. The van der Waals surface area contributed by atoms with Gasteiger partial charge in [-0.05, 0) is 30.7 Å². The zero-order valence-electron chi connectivity index (χ0n) is 9.43. The summed E-state index contributed by atoms with van der Waals surface area (Å²) in [6.07, 6.45) is 3.73. The molecule has 0 bridgehead atoms. The fourth-order valence-electron chi connectivity index (χ4n) is 1.61. The average Bonchev–Trinajstić information content (AvgIpc) is 2.78. The van der Waals surface area contributed by atoms with Crippen LogP contribution in [0.1, 0.15) is 18.2 Å². The fraction of sp³-hybridized carbons (Fsp3) is 0.333. The van der Waals surface area contributed by atoms with Crippen LogP contribution in [-0.4, -0.2) is 21.5 Å². The Hall–Kier alpha value is -1.68. The van der Waals surface area contributed by atoms with Crippen molar-refractivity contribution in [3.63, 3.8) is 0 Å². The van der Waals surface area contributed by atoms with Crippen molar-refractivity contribution >= 4 is 0 Å². The van der Waals surface area contributed by atoms with E-state index in [4.69, 9.17) is 5.73 Å². The molecule has 0 atom stereocenters. The molecule has 2 aromatic rings. The van der Waals surface area contributed by atoms with Gasteiger partial charge >= 0.3 is 0 Å². The lowest BCUT2D eigenvalue weighted by atomic mass is 10.1. The normalized spacial score (nSPS) is 10.6. The lowest BCUT2D eigenvalue weighted by Crippen LogP contribution is -2.02. The van der Waals surface area contributed by atoms with E-state index >= 15 is 0 Å². The number of aryl methyl sites for hydroxylation is 1. The maximum absolute atomic E-state index is 5.48. The van der Waals surface area contributed by atoms with Crippen molar-refractivity contribution in [2.24, 2.45) is 5.73 Å². The summed E-state index contributed by atoms with van der Waals surface area (Å²) in [5, 5.41) is 8.16. The van der Waals surface area contributed by atoms with Gasteiger partial charge in [-0.25, -0.2) is 4.68 Å². The summed E-state index contributed by atoms with van der Waals surface area (Å²) in [5.74, 6) is 0. The van der Waals surface area contributed by atoms with Gasteiger partial charge in [0.05, 0.1) is 17.6 Å². The molecule has 0 aliphatic carbocycles. The van der Waals surface area contributed by atoms with Gasteiger partial charge in [-0.15, -0.1) is 5.10 Å². The van der Waals surface area contributed by atoms with Crippen molar-refractivity contribution in [3.8, 4) is 5.69 Å². The van der Waals surface area contributed by atoms with Gasteiger partial charge in [0.1, 0.15) is 0 Å². The van der Waals surface area contributed by atoms with Gasteiger partial charge in [-0.2, -0.15) is 0 Å². The minimum Gasteiger partial charge on any atom is -0.330 e. The highest BCUT2D eigenvalue weighted by Crippen LogP contribution is 2.10. The molecule has 0 saturated carbocycles. The molecule has 0 unspecified atom stereocenters. The van der Waals surface area contributed by atoms with Crippen LogP contribution in [0.15, 0.2) is 30.5 Å². The number of nitrogens with two attached hydrogens (primary N) is 1.